The predicted octanol–water partition coefficient (Wildman–Crippen LogP) is 14.5. The van der Waals surface area contributed by atoms with Crippen molar-refractivity contribution in [1.29, 1.82) is 0 Å². The van der Waals surface area contributed by atoms with Crippen LogP contribution in [0.15, 0.2) is 48.2 Å². The second-order valence-electron chi connectivity index (χ2n) is 14.4. The minimum absolute atomic E-state index is 0.0125. The average Bonchev–Trinajstić information content (AvgIpc) is 4.20. The number of fused-ring (bicyclic) bond motifs is 5. The van der Waals surface area contributed by atoms with Crippen molar-refractivity contribution in [3.8, 4) is 0 Å². The van der Waals surface area contributed by atoms with E-state index >= 15 is 0 Å². The first-order valence-corrected chi connectivity index (χ1v) is 28.2. The van der Waals surface area contributed by atoms with E-state index in [2.05, 4.69) is 107 Å². The number of halogens is 23. The van der Waals surface area contributed by atoms with Crippen LogP contribution in [0, 0.1) is 3.57 Å². The molecular formula is C35H9B2Br4Cl3F15IN10O4S5. The van der Waals surface area contributed by atoms with Crippen molar-refractivity contribution in [1.82, 2.24) is 43.7 Å². The number of aromatic nitrogens is 10. The Balaban J connectivity index is 0.000000160. The van der Waals surface area contributed by atoms with Crippen LogP contribution in [-0.4, -0.2) is 78.1 Å². The molecule has 0 aliphatic rings. The predicted molar refractivity (Wildman–Crippen MR) is 290 cm³/mol. The molecule has 0 unspecified atom stereocenters. The summed E-state index contributed by atoms with van der Waals surface area (Å²) in [6, 6.07) is 4.11. The minimum Gasteiger partial charge on any atom is -0.423 e. The van der Waals surface area contributed by atoms with Gasteiger partial charge in [0.2, 0.25) is 0 Å². The zero-order chi connectivity index (χ0) is 59.2. The summed E-state index contributed by atoms with van der Waals surface area (Å²) in [6.45, 7) is 0. The van der Waals surface area contributed by atoms with E-state index < -0.39 is 99.4 Å². The molecule has 5 heterocycles. The van der Waals surface area contributed by atoms with Gasteiger partial charge in [-0.25, -0.2) is 0 Å². The van der Waals surface area contributed by atoms with Crippen molar-refractivity contribution < 1.29 is 86.0 Å². The summed E-state index contributed by atoms with van der Waals surface area (Å²) in [7, 11) is -4.59. The van der Waals surface area contributed by atoms with Gasteiger partial charge in [-0.3, -0.25) is 0 Å². The van der Waals surface area contributed by atoms with Gasteiger partial charge in [0, 0.05) is 24.3 Å². The second-order valence-corrected chi connectivity index (χ2v) is 22.6. The first-order chi connectivity index (χ1) is 36.4. The van der Waals surface area contributed by atoms with E-state index in [1.54, 1.807) is 22.6 Å². The summed E-state index contributed by atoms with van der Waals surface area (Å²) >= 11 is 34.3. The molecule has 10 aromatic rings. The van der Waals surface area contributed by atoms with Crippen LogP contribution in [0.3, 0.4) is 0 Å². The quantitative estimate of drug-likeness (QED) is 0.0721. The largest absolute Gasteiger partial charge is 0.491 e. The standard InChI is InChI=1S/C7H5B2F3N2O4S.C7HBr2F3N2S.C7HBrClF3N2S.C7HBrF3IN2S.C7HCl2F3N2S/c10-7(11,12)2-1-3(8(15)16)5-6(14-19-13-5)4(2)9(17)18;2*8-3-1-2(7(10,11)12)4(9)6-5(3)13-15-14-6;8-3-1-2(7(9,10)11)4(12)6-5(3)13-15-14-6;8-3-1-2(7(10,11)12)4(9)6-5(3)13-15-14-6/h1,15-18H;4*1H. The van der Waals surface area contributed by atoms with Gasteiger partial charge < -0.3 is 20.1 Å². The maximum atomic E-state index is 12.9. The molecular weight excluding hydrogens is 1640 g/mol. The fourth-order valence-electron chi connectivity index (χ4n) is 6.00. The van der Waals surface area contributed by atoms with Gasteiger partial charge in [-0.1, -0.05) is 34.8 Å². The van der Waals surface area contributed by atoms with Crippen LogP contribution >= 0.6 is 180 Å². The Bertz CT molecular complexity index is 3490. The van der Waals surface area contributed by atoms with Crippen LogP contribution in [-0.2, 0) is 30.9 Å². The van der Waals surface area contributed by atoms with Crippen molar-refractivity contribution in [2.24, 2.45) is 0 Å². The first kappa shape index (κ1) is 65.8. The van der Waals surface area contributed by atoms with Gasteiger partial charge in [0.1, 0.15) is 55.2 Å². The van der Waals surface area contributed by atoms with Gasteiger partial charge in [0.15, 0.2) is 0 Å². The molecule has 0 saturated heterocycles. The van der Waals surface area contributed by atoms with E-state index in [0.29, 0.717) is 48.8 Å². The molecule has 14 nitrogen and oxygen atoms in total. The lowest BCUT2D eigenvalue weighted by atomic mass is 9.70. The lowest BCUT2D eigenvalue weighted by molar-refractivity contribution is -0.139. The summed E-state index contributed by atoms with van der Waals surface area (Å²) in [5, 5.41) is 35.3. The summed E-state index contributed by atoms with van der Waals surface area (Å²) < 4.78 is 227. The van der Waals surface area contributed by atoms with Gasteiger partial charge in [-0.05, 0) is 117 Å². The molecule has 44 heteroatoms. The Morgan fingerprint density at radius 2 is 0.709 bits per heavy atom. The topological polar surface area (TPSA) is 210 Å². The van der Waals surface area contributed by atoms with Crippen LogP contribution < -0.4 is 10.9 Å². The van der Waals surface area contributed by atoms with Crippen molar-refractivity contribution in [2.45, 2.75) is 30.9 Å². The van der Waals surface area contributed by atoms with Gasteiger partial charge in [0.25, 0.3) is 0 Å². The number of hydrogen-bond donors (Lipinski definition) is 4. The highest BCUT2D eigenvalue weighted by molar-refractivity contribution is 14.1. The zero-order valence-corrected chi connectivity index (χ0v) is 50.9. The molecule has 5 aromatic heterocycles. The van der Waals surface area contributed by atoms with E-state index in [4.69, 9.17) is 54.9 Å². The van der Waals surface area contributed by atoms with Crippen molar-refractivity contribution in [2.75, 3.05) is 0 Å². The molecule has 0 spiro atoms. The SMILES string of the molecule is FC(F)(F)c1cc(Br)c2nsnc2c1Br.FC(F)(F)c1cc(Br)c2nsnc2c1Cl.FC(F)(F)c1cc(Br)c2nsnc2c1I.FC(F)(F)c1cc(Cl)c2nsnc2c1Cl.OB(O)c1cc(C(F)(F)F)c(B(O)O)c2nsnc12. The zero-order valence-electron chi connectivity index (χ0n) is 36.0. The summed E-state index contributed by atoms with van der Waals surface area (Å²) in [5.41, 5.74) is -4.71. The Kier molecular flexibility index (Phi) is 21.2. The Hall–Kier alpha value is -2.36. The molecule has 0 radical (unpaired) electrons. The molecule has 10 rings (SSSR count). The van der Waals surface area contributed by atoms with Crippen LogP contribution in [0.25, 0.3) is 55.2 Å². The maximum absolute atomic E-state index is 12.9. The third-order valence-corrected chi connectivity index (χ3v) is 16.8. The summed E-state index contributed by atoms with van der Waals surface area (Å²) in [6.07, 6.45) is -22.7. The fourth-order valence-corrected chi connectivity index (χ4v) is 13.4. The number of benzene rings is 5. The molecule has 79 heavy (non-hydrogen) atoms. The third kappa shape index (κ3) is 15.0. The van der Waals surface area contributed by atoms with E-state index in [1.165, 1.54) is 0 Å². The molecule has 0 fully saturated rings. The molecule has 0 bridgehead atoms. The Morgan fingerprint density at radius 3 is 1.15 bits per heavy atom. The van der Waals surface area contributed by atoms with Gasteiger partial charge in [-0.15, -0.1) is 0 Å². The number of alkyl halides is 15. The molecule has 0 aliphatic heterocycles. The van der Waals surface area contributed by atoms with E-state index in [0.717, 1.165) is 71.2 Å². The van der Waals surface area contributed by atoms with E-state index in [1.807, 2.05) is 0 Å². The van der Waals surface area contributed by atoms with E-state index in [-0.39, 0.29) is 45.1 Å². The Labute approximate surface area is 510 Å². The normalized spacial score (nSPS) is 12.2. The third-order valence-electron chi connectivity index (χ3n) is 9.39. The van der Waals surface area contributed by atoms with Crippen LogP contribution in [0.2, 0.25) is 15.1 Å². The summed E-state index contributed by atoms with van der Waals surface area (Å²) in [4.78, 5) is 0. The molecule has 0 saturated carbocycles. The van der Waals surface area contributed by atoms with Crippen LogP contribution in [0.1, 0.15) is 27.8 Å². The molecule has 0 aliphatic carbocycles. The molecule has 5 aromatic carbocycles. The van der Waals surface area contributed by atoms with Crippen LogP contribution in [0.4, 0.5) is 65.9 Å². The highest BCUT2D eigenvalue weighted by Gasteiger charge is 2.41. The van der Waals surface area contributed by atoms with Crippen molar-refractivity contribution >= 4 is 260 Å². The van der Waals surface area contributed by atoms with Crippen molar-refractivity contribution in [3.05, 3.63) is 94.7 Å². The minimum atomic E-state index is -4.90. The molecule has 420 valence electrons. The highest BCUT2D eigenvalue weighted by Crippen LogP contribution is 2.44. The number of rotatable bonds is 2. The smallest absolute Gasteiger partial charge is 0.423 e. The molecule has 0 amide bonds. The maximum Gasteiger partial charge on any atom is 0.491 e. The Morgan fingerprint density at radius 1 is 0.380 bits per heavy atom. The lowest BCUT2D eigenvalue weighted by Crippen LogP contribution is -2.41. The highest BCUT2D eigenvalue weighted by atomic mass is 127. The lowest BCUT2D eigenvalue weighted by Gasteiger charge is -2.14. The van der Waals surface area contributed by atoms with Gasteiger partial charge >= 0.3 is 45.1 Å². The summed E-state index contributed by atoms with van der Waals surface area (Å²) in [5.74, 6) is 0. The first-order valence-electron chi connectivity index (χ1n) is 19.2. The number of nitrogens with zero attached hydrogens (tertiary/aromatic N) is 10. The monoisotopic (exact) mass is 1650 g/mol. The van der Waals surface area contributed by atoms with Gasteiger partial charge in [0.05, 0.1) is 110 Å². The van der Waals surface area contributed by atoms with Crippen LogP contribution in [0.5, 0.6) is 0 Å². The van der Waals surface area contributed by atoms with Gasteiger partial charge in [-0.2, -0.15) is 110 Å². The molecule has 4 N–H and O–H groups in total. The molecule has 0 atom stereocenters. The number of hydrogen-bond acceptors (Lipinski definition) is 19. The second kappa shape index (κ2) is 25.5. The average molecular weight is 1650 g/mol. The fraction of sp³-hybridized carbons (Fsp3) is 0.143. The van der Waals surface area contributed by atoms with Crippen molar-refractivity contribution in [3.63, 3.8) is 0 Å². The van der Waals surface area contributed by atoms with E-state index in [9.17, 15) is 65.9 Å².